The second-order valence-electron chi connectivity index (χ2n) is 2.88. The zero-order chi connectivity index (χ0) is 8.53. The lowest BCUT2D eigenvalue weighted by atomic mass is 10.1. The van der Waals surface area contributed by atoms with Gasteiger partial charge in [-0.3, -0.25) is 0 Å². The van der Waals surface area contributed by atoms with Gasteiger partial charge in [-0.2, -0.15) is 0 Å². The van der Waals surface area contributed by atoms with E-state index in [0.717, 1.165) is 25.4 Å². The number of hydrogen-bond donors (Lipinski definition) is 1. The largest absolute Gasteiger partial charge is 0.317 e. The number of hydrogen-bond acceptors (Lipinski definition) is 1. The summed E-state index contributed by atoms with van der Waals surface area (Å²) in [5.74, 6) is 6.75. The third kappa shape index (κ3) is 7.42. The lowest BCUT2D eigenvalue weighted by molar-refractivity contribution is 0.496. The van der Waals surface area contributed by atoms with Crippen LogP contribution in [-0.4, -0.2) is 13.1 Å². The van der Waals surface area contributed by atoms with Crippen LogP contribution < -0.4 is 5.32 Å². The Bertz CT molecular complexity index is 130. The monoisotopic (exact) mass is 153 g/mol. The molecule has 0 aliphatic carbocycles. The van der Waals surface area contributed by atoms with Crippen LogP contribution in [-0.2, 0) is 0 Å². The molecular formula is C10H19N. The Labute approximate surface area is 70.6 Å². The summed E-state index contributed by atoms with van der Waals surface area (Å²) in [5.41, 5.74) is 0. The maximum absolute atomic E-state index is 3.33. The molecule has 11 heavy (non-hydrogen) atoms. The molecule has 0 aliphatic rings. The molecule has 0 amide bonds. The Hall–Kier alpha value is -0.480. The fourth-order valence-electron chi connectivity index (χ4n) is 0.936. The first kappa shape index (κ1) is 10.5. The van der Waals surface area contributed by atoms with E-state index in [2.05, 4.69) is 31.0 Å². The van der Waals surface area contributed by atoms with Crippen molar-refractivity contribution < 1.29 is 0 Å². The van der Waals surface area contributed by atoms with Gasteiger partial charge in [0.15, 0.2) is 0 Å². The Morgan fingerprint density at radius 2 is 2.18 bits per heavy atom. The summed E-state index contributed by atoms with van der Waals surface area (Å²) in [7, 11) is 0. The summed E-state index contributed by atoms with van der Waals surface area (Å²) < 4.78 is 0. The van der Waals surface area contributed by atoms with Gasteiger partial charge < -0.3 is 5.32 Å². The molecule has 0 spiro atoms. The first-order chi connectivity index (χ1) is 5.31. The predicted octanol–water partition coefficient (Wildman–Crippen LogP) is 2.04. The second-order valence-corrected chi connectivity index (χ2v) is 2.88. The molecule has 0 saturated carbocycles. The molecule has 0 radical (unpaired) electrons. The van der Waals surface area contributed by atoms with Gasteiger partial charge in [0.1, 0.15) is 0 Å². The fraction of sp³-hybridized carbons (Fsp3) is 0.800. The Morgan fingerprint density at radius 3 is 2.73 bits per heavy atom. The van der Waals surface area contributed by atoms with Crippen molar-refractivity contribution in [3.05, 3.63) is 0 Å². The molecule has 1 nitrogen and oxygen atoms in total. The van der Waals surface area contributed by atoms with Crippen molar-refractivity contribution in [1.82, 2.24) is 5.32 Å². The van der Waals surface area contributed by atoms with Crippen LogP contribution in [0.5, 0.6) is 0 Å². The topological polar surface area (TPSA) is 12.0 Å². The molecule has 0 aliphatic heterocycles. The first-order valence-corrected chi connectivity index (χ1v) is 4.41. The smallest absolute Gasteiger partial charge is 0.00915 e. The van der Waals surface area contributed by atoms with E-state index in [9.17, 15) is 0 Å². The average Bonchev–Trinajstić information content (AvgIpc) is 2.01. The summed E-state index contributed by atoms with van der Waals surface area (Å²) >= 11 is 0. The molecular weight excluding hydrogens is 134 g/mol. The van der Waals surface area contributed by atoms with Crippen LogP contribution in [0.3, 0.4) is 0 Å². The molecule has 0 heterocycles. The standard InChI is InChI=1S/C10H19N/c1-4-6-7-8-10(3)9-11-5-2/h10-11H,5,7-9H2,1-3H3. The van der Waals surface area contributed by atoms with Gasteiger partial charge in [-0.05, 0) is 32.4 Å². The van der Waals surface area contributed by atoms with Crippen molar-refractivity contribution in [3.8, 4) is 11.8 Å². The van der Waals surface area contributed by atoms with Crippen molar-refractivity contribution in [2.24, 2.45) is 5.92 Å². The first-order valence-electron chi connectivity index (χ1n) is 4.41. The van der Waals surface area contributed by atoms with Gasteiger partial charge in [-0.25, -0.2) is 0 Å². The molecule has 1 atom stereocenters. The average molecular weight is 153 g/mol. The van der Waals surface area contributed by atoms with Gasteiger partial charge >= 0.3 is 0 Å². The minimum atomic E-state index is 0.760. The van der Waals surface area contributed by atoms with Crippen molar-refractivity contribution in [2.45, 2.75) is 33.6 Å². The molecule has 0 aromatic carbocycles. The van der Waals surface area contributed by atoms with Crippen LogP contribution in [0.25, 0.3) is 0 Å². The summed E-state index contributed by atoms with van der Waals surface area (Å²) in [6, 6.07) is 0. The fourth-order valence-corrected chi connectivity index (χ4v) is 0.936. The quantitative estimate of drug-likeness (QED) is 0.596. The molecule has 1 N–H and O–H groups in total. The summed E-state index contributed by atoms with van der Waals surface area (Å²) in [4.78, 5) is 0. The highest BCUT2D eigenvalue weighted by molar-refractivity contribution is 4.94. The van der Waals surface area contributed by atoms with Gasteiger partial charge in [0.2, 0.25) is 0 Å². The molecule has 0 saturated heterocycles. The van der Waals surface area contributed by atoms with Crippen LogP contribution in [0.15, 0.2) is 0 Å². The predicted molar refractivity (Wildman–Crippen MR) is 50.4 cm³/mol. The van der Waals surface area contributed by atoms with Crippen LogP contribution in [0.4, 0.5) is 0 Å². The minimum absolute atomic E-state index is 0.760. The Kier molecular flexibility index (Phi) is 7.29. The van der Waals surface area contributed by atoms with Gasteiger partial charge in [-0.1, -0.05) is 13.8 Å². The van der Waals surface area contributed by atoms with E-state index in [-0.39, 0.29) is 0 Å². The van der Waals surface area contributed by atoms with E-state index in [0.29, 0.717) is 0 Å². The highest BCUT2D eigenvalue weighted by atomic mass is 14.8. The zero-order valence-corrected chi connectivity index (χ0v) is 7.91. The van der Waals surface area contributed by atoms with E-state index in [4.69, 9.17) is 0 Å². The lowest BCUT2D eigenvalue weighted by Gasteiger charge is -2.08. The van der Waals surface area contributed by atoms with Crippen molar-refractivity contribution in [3.63, 3.8) is 0 Å². The summed E-state index contributed by atoms with van der Waals surface area (Å²) in [6.07, 6.45) is 2.26. The van der Waals surface area contributed by atoms with Gasteiger partial charge in [0.05, 0.1) is 0 Å². The molecule has 0 rings (SSSR count). The highest BCUT2D eigenvalue weighted by Crippen LogP contribution is 2.02. The number of rotatable bonds is 5. The van der Waals surface area contributed by atoms with Crippen molar-refractivity contribution >= 4 is 0 Å². The molecule has 0 aromatic heterocycles. The molecule has 1 unspecified atom stereocenters. The molecule has 0 fully saturated rings. The second kappa shape index (κ2) is 7.63. The Morgan fingerprint density at radius 1 is 1.45 bits per heavy atom. The third-order valence-electron chi connectivity index (χ3n) is 1.68. The maximum atomic E-state index is 3.33. The number of nitrogens with one attached hydrogen (secondary N) is 1. The van der Waals surface area contributed by atoms with Crippen molar-refractivity contribution in [2.75, 3.05) is 13.1 Å². The SMILES string of the molecule is CC#CCCC(C)CNCC. The zero-order valence-electron chi connectivity index (χ0n) is 7.91. The van der Waals surface area contributed by atoms with Crippen LogP contribution in [0.2, 0.25) is 0 Å². The van der Waals surface area contributed by atoms with E-state index < -0.39 is 0 Å². The third-order valence-corrected chi connectivity index (χ3v) is 1.68. The molecule has 64 valence electrons. The molecule has 0 aromatic rings. The summed E-state index contributed by atoms with van der Waals surface area (Å²) in [5, 5.41) is 3.33. The molecule has 0 bridgehead atoms. The Balaban J connectivity index is 3.19. The van der Waals surface area contributed by atoms with Crippen LogP contribution >= 0.6 is 0 Å². The minimum Gasteiger partial charge on any atom is -0.317 e. The normalized spacial score (nSPS) is 11.9. The van der Waals surface area contributed by atoms with E-state index in [1.165, 1.54) is 6.42 Å². The highest BCUT2D eigenvalue weighted by Gasteiger charge is 1.97. The van der Waals surface area contributed by atoms with Gasteiger partial charge in [-0.15, -0.1) is 11.8 Å². The van der Waals surface area contributed by atoms with Crippen molar-refractivity contribution in [1.29, 1.82) is 0 Å². The molecule has 1 heteroatoms. The van der Waals surface area contributed by atoms with Crippen LogP contribution in [0, 0.1) is 17.8 Å². The van der Waals surface area contributed by atoms with E-state index in [1.807, 2.05) is 6.92 Å². The lowest BCUT2D eigenvalue weighted by Crippen LogP contribution is -2.20. The van der Waals surface area contributed by atoms with E-state index in [1.54, 1.807) is 0 Å². The van der Waals surface area contributed by atoms with E-state index >= 15 is 0 Å². The van der Waals surface area contributed by atoms with Crippen LogP contribution in [0.1, 0.15) is 33.6 Å². The maximum Gasteiger partial charge on any atom is 0.00915 e. The van der Waals surface area contributed by atoms with Gasteiger partial charge in [0, 0.05) is 6.42 Å². The van der Waals surface area contributed by atoms with Gasteiger partial charge in [0.25, 0.3) is 0 Å². The summed E-state index contributed by atoms with van der Waals surface area (Å²) in [6.45, 7) is 8.50.